The largest absolute Gasteiger partial charge is 0.424 e. The van der Waals surface area contributed by atoms with E-state index in [0.717, 1.165) is 18.8 Å². The SMILES string of the molecule is Cc1nnc(CN2CCN(C(=O)Nc3ccc(Cl)cc3)CC2)o1. The van der Waals surface area contributed by atoms with Crippen LogP contribution in [0.1, 0.15) is 11.8 Å². The molecule has 7 nitrogen and oxygen atoms in total. The maximum absolute atomic E-state index is 12.2. The van der Waals surface area contributed by atoms with Gasteiger partial charge in [0, 0.05) is 43.8 Å². The number of nitrogens with zero attached hydrogens (tertiary/aromatic N) is 4. The van der Waals surface area contributed by atoms with Crippen LogP contribution in [0.15, 0.2) is 28.7 Å². The molecule has 1 aromatic carbocycles. The Morgan fingerprint density at radius 1 is 1.22 bits per heavy atom. The molecule has 1 saturated heterocycles. The number of amides is 2. The summed E-state index contributed by atoms with van der Waals surface area (Å²) >= 11 is 5.84. The molecule has 8 heteroatoms. The monoisotopic (exact) mass is 335 g/mol. The fourth-order valence-corrected chi connectivity index (χ4v) is 2.56. The zero-order chi connectivity index (χ0) is 16.2. The van der Waals surface area contributed by atoms with Crippen LogP contribution in [0.25, 0.3) is 0 Å². The van der Waals surface area contributed by atoms with Crippen molar-refractivity contribution in [2.45, 2.75) is 13.5 Å². The minimum absolute atomic E-state index is 0.0967. The highest BCUT2D eigenvalue weighted by atomic mass is 35.5. The van der Waals surface area contributed by atoms with Crippen molar-refractivity contribution >= 4 is 23.3 Å². The van der Waals surface area contributed by atoms with E-state index in [9.17, 15) is 4.79 Å². The maximum atomic E-state index is 12.2. The van der Waals surface area contributed by atoms with Crippen LogP contribution in [0.2, 0.25) is 5.02 Å². The van der Waals surface area contributed by atoms with E-state index in [1.807, 2.05) is 0 Å². The molecule has 2 aromatic rings. The Balaban J connectivity index is 1.48. The molecule has 122 valence electrons. The molecule has 23 heavy (non-hydrogen) atoms. The molecule has 0 unspecified atom stereocenters. The number of aromatic nitrogens is 2. The number of nitrogens with one attached hydrogen (secondary N) is 1. The normalized spacial score (nSPS) is 15.7. The van der Waals surface area contributed by atoms with Gasteiger partial charge in [-0.3, -0.25) is 4.90 Å². The van der Waals surface area contributed by atoms with Crippen molar-refractivity contribution in [3.05, 3.63) is 41.1 Å². The molecule has 0 bridgehead atoms. The molecular weight excluding hydrogens is 318 g/mol. The third-order valence-electron chi connectivity index (χ3n) is 3.68. The topological polar surface area (TPSA) is 74.5 Å². The van der Waals surface area contributed by atoms with Gasteiger partial charge in [0.15, 0.2) is 0 Å². The van der Waals surface area contributed by atoms with Crippen LogP contribution in [-0.2, 0) is 6.54 Å². The third kappa shape index (κ3) is 4.20. The van der Waals surface area contributed by atoms with E-state index < -0.39 is 0 Å². The first-order valence-corrected chi connectivity index (χ1v) is 7.81. The van der Waals surface area contributed by atoms with Gasteiger partial charge in [0.05, 0.1) is 6.54 Å². The van der Waals surface area contributed by atoms with Crippen LogP contribution < -0.4 is 5.32 Å². The predicted octanol–water partition coefficient (Wildman–Crippen LogP) is 2.38. The average Bonchev–Trinajstić information content (AvgIpc) is 2.95. The Hall–Kier alpha value is -2.12. The van der Waals surface area contributed by atoms with E-state index >= 15 is 0 Å². The Morgan fingerprint density at radius 3 is 2.52 bits per heavy atom. The van der Waals surface area contributed by atoms with Crippen molar-refractivity contribution in [3.8, 4) is 0 Å². The number of piperazine rings is 1. The predicted molar refractivity (Wildman–Crippen MR) is 86.4 cm³/mol. The smallest absolute Gasteiger partial charge is 0.321 e. The van der Waals surface area contributed by atoms with Crippen LogP contribution in [0.4, 0.5) is 10.5 Å². The van der Waals surface area contributed by atoms with Crippen LogP contribution in [0.5, 0.6) is 0 Å². The summed E-state index contributed by atoms with van der Waals surface area (Å²) in [5.74, 6) is 1.18. The van der Waals surface area contributed by atoms with Gasteiger partial charge in [-0.2, -0.15) is 0 Å². The summed E-state index contributed by atoms with van der Waals surface area (Å²) in [5, 5.41) is 11.3. The van der Waals surface area contributed by atoms with Crippen molar-refractivity contribution in [3.63, 3.8) is 0 Å². The lowest BCUT2D eigenvalue weighted by atomic mass is 10.3. The zero-order valence-electron chi connectivity index (χ0n) is 12.8. The van der Waals surface area contributed by atoms with Gasteiger partial charge >= 0.3 is 6.03 Å². The van der Waals surface area contributed by atoms with Crippen LogP contribution in [0.3, 0.4) is 0 Å². The number of anilines is 1. The summed E-state index contributed by atoms with van der Waals surface area (Å²) in [7, 11) is 0. The number of hydrogen-bond donors (Lipinski definition) is 1. The van der Waals surface area contributed by atoms with E-state index in [-0.39, 0.29) is 6.03 Å². The van der Waals surface area contributed by atoms with Gasteiger partial charge in [-0.15, -0.1) is 10.2 Å². The van der Waals surface area contributed by atoms with Gasteiger partial charge < -0.3 is 14.6 Å². The lowest BCUT2D eigenvalue weighted by Crippen LogP contribution is -2.49. The van der Waals surface area contributed by atoms with Crippen molar-refractivity contribution < 1.29 is 9.21 Å². The number of carbonyl (C=O) groups excluding carboxylic acids is 1. The van der Waals surface area contributed by atoms with Crippen LogP contribution in [-0.4, -0.2) is 52.2 Å². The Bertz CT molecular complexity index is 665. The van der Waals surface area contributed by atoms with Gasteiger partial charge in [-0.1, -0.05) is 11.6 Å². The van der Waals surface area contributed by atoms with E-state index in [0.29, 0.717) is 36.4 Å². The minimum atomic E-state index is -0.0967. The van der Waals surface area contributed by atoms with Crippen molar-refractivity contribution in [2.24, 2.45) is 0 Å². The Morgan fingerprint density at radius 2 is 1.91 bits per heavy atom. The summed E-state index contributed by atoms with van der Waals surface area (Å²) in [6, 6.07) is 6.98. The van der Waals surface area contributed by atoms with Gasteiger partial charge in [-0.05, 0) is 24.3 Å². The number of rotatable bonds is 3. The standard InChI is InChI=1S/C15H18ClN5O2/c1-11-18-19-14(23-11)10-20-6-8-21(9-7-20)15(22)17-13-4-2-12(16)3-5-13/h2-5H,6-10H2,1H3,(H,17,22). The highest BCUT2D eigenvalue weighted by molar-refractivity contribution is 6.30. The number of urea groups is 1. The molecule has 1 aromatic heterocycles. The second-order valence-electron chi connectivity index (χ2n) is 5.42. The lowest BCUT2D eigenvalue weighted by molar-refractivity contribution is 0.135. The molecule has 1 aliphatic rings. The molecule has 1 fully saturated rings. The highest BCUT2D eigenvalue weighted by Crippen LogP contribution is 2.15. The Labute approximate surface area is 139 Å². The summed E-state index contributed by atoms with van der Waals surface area (Å²) in [6.07, 6.45) is 0. The molecule has 3 rings (SSSR count). The fourth-order valence-electron chi connectivity index (χ4n) is 2.44. The zero-order valence-corrected chi connectivity index (χ0v) is 13.6. The molecule has 0 saturated carbocycles. The van der Waals surface area contributed by atoms with Crippen molar-refractivity contribution in [2.75, 3.05) is 31.5 Å². The quantitative estimate of drug-likeness (QED) is 0.932. The van der Waals surface area contributed by atoms with E-state index in [1.165, 1.54) is 0 Å². The van der Waals surface area contributed by atoms with Crippen molar-refractivity contribution in [1.82, 2.24) is 20.0 Å². The molecule has 0 aliphatic carbocycles. The van der Waals surface area contributed by atoms with Gasteiger partial charge in [-0.25, -0.2) is 4.79 Å². The van der Waals surface area contributed by atoms with Gasteiger partial charge in [0.25, 0.3) is 0 Å². The first kappa shape index (κ1) is 15.8. The lowest BCUT2D eigenvalue weighted by Gasteiger charge is -2.33. The fraction of sp³-hybridized carbons (Fsp3) is 0.400. The summed E-state index contributed by atoms with van der Waals surface area (Å²) in [5.41, 5.74) is 0.739. The molecular formula is C15H18ClN5O2. The summed E-state index contributed by atoms with van der Waals surface area (Å²) in [4.78, 5) is 16.2. The van der Waals surface area contributed by atoms with Crippen molar-refractivity contribution in [1.29, 1.82) is 0 Å². The van der Waals surface area contributed by atoms with Gasteiger partial charge in [0.1, 0.15) is 0 Å². The number of carbonyl (C=O) groups is 1. The van der Waals surface area contributed by atoms with E-state index in [1.54, 1.807) is 36.1 Å². The van der Waals surface area contributed by atoms with Gasteiger partial charge in [0.2, 0.25) is 11.8 Å². The van der Waals surface area contributed by atoms with Crippen LogP contribution >= 0.6 is 11.6 Å². The maximum Gasteiger partial charge on any atom is 0.321 e. The first-order valence-electron chi connectivity index (χ1n) is 7.43. The average molecular weight is 336 g/mol. The highest BCUT2D eigenvalue weighted by Gasteiger charge is 2.22. The first-order chi connectivity index (χ1) is 11.1. The molecule has 0 atom stereocenters. The summed E-state index contributed by atoms with van der Waals surface area (Å²) in [6.45, 7) is 5.26. The number of aryl methyl sites for hydroxylation is 1. The minimum Gasteiger partial charge on any atom is -0.424 e. The number of halogens is 1. The summed E-state index contributed by atoms with van der Waals surface area (Å²) < 4.78 is 5.38. The number of benzene rings is 1. The molecule has 2 amide bonds. The molecule has 0 spiro atoms. The molecule has 1 N–H and O–H groups in total. The second-order valence-corrected chi connectivity index (χ2v) is 5.85. The van der Waals surface area contributed by atoms with Crippen LogP contribution in [0, 0.1) is 6.92 Å². The molecule has 0 radical (unpaired) electrons. The van der Waals surface area contributed by atoms with E-state index in [4.69, 9.17) is 16.0 Å². The molecule has 1 aliphatic heterocycles. The van der Waals surface area contributed by atoms with E-state index in [2.05, 4.69) is 20.4 Å². The third-order valence-corrected chi connectivity index (χ3v) is 3.93. The molecule has 2 heterocycles. The number of hydrogen-bond acceptors (Lipinski definition) is 5. The Kier molecular flexibility index (Phi) is 4.78. The second kappa shape index (κ2) is 6.97.